The second-order valence-corrected chi connectivity index (χ2v) is 10.7. The van der Waals surface area contributed by atoms with E-state index in [1.54, 1.807) is 18.4 Å². The zero-order valence-electron chi connectivity index (χ0n) is 20.8. The number of para-hydroxylation sites is 2. The fourth-order valence-electron chi connectivity index (χ4n) is 5.94. The van der Waals surface area contributed by atoms with Gasteiger partial charge in [-0.2, -0.15) is 0 Å². The predicted molar refractivity (Wildman–Crippen MR) is 163 cm³/mol. The van der Waals surface area contributed by atoms with Crippen molar-refractivity contribution in [2.45, 2.75) is 0 Å². The van der Waals surface area contributed by atoms with Crippen molar-refractivity contribution in [2.24, 2.45) is 0 Å². The lowest BCUT2D eigenvalue weighted by atomic mass is 9.91. The third-order valence-electron chi connectivity index (χ3n) is 7.73. The number of hydrogen-bond acceptors (Lipinski definition) is 2. The van der Waals surface area contributed by atoms with Gasteiger partial charge < -0.3 is 9.30 Å². The highest BCUT2D eigenvalue weighted by molar-refractivity contribution is 7.17. The summed E-state index contributed by atoms with van der Waals surface area (Å²) in [5.74, 6) is 0.868. The molecule has 8 aromatic rings. The van der Waals surface area contributed by atoms with Crippen molar-refractivity contribution in [2.75, 3.05) is 7.11 Å². The molecule has 2 aromatic heterocycles. The van der Waals surface area contributed by atoms with Gasteiger partial charge in [-0.1, -0.05) is 48.5 Å². The summed E-state index contributed by atoms with van der Waals surface area (Å²) in [6, 6.07) is 42.0. The zero-order chi connectivity index (χ0) is 25.2. The molecule has 0 saturated carbocycles. The van der Waals surface area contributed by atoms with Crippen LogP contribution in [-0.2, 0) is 0 Å². The van der Waals surface area contributed by atoms with Crippen LogP contribution in [0, 0.1) is 0 Å². The fraction of sp³-hybridized carbons (Fsp3) is 0.0286. The highest BCUT2D eigenvalue weighted by Gasteiger charge is 2.17. The summed E-state index contributed by atoms with van der Waals surface area (Å²) >= 11 is 1.80. The van der Waals surface area contributed by atoms with Crippen LogP contribution < -0.4 is 4.74 Å². The lowest BCUT2D eigenvalue weighted by Crippen LogP contribution is -1.93. The highest BCUT2D eigenvalue weighted by atomic mass is 32.1. The van der Waals surface area contributed by atoms with Gasteiger partial charge in [0.25, 0.3) is 0 Å². The number of nitrogens with zero attached hydrogens (tertiary/aromatic N) is 1. The van der Waals surface area contributed by atoms with Gasteiger partial charge >= 0.3 is 0 Å². The normalized spacial score (nSPS) is 11.8. The van der Waals surface area contributed by atoms with Gasteiger partial charge in [0.2, 0.25) is 0 Å². The number of rotatable bonds is 3. The van der Waals surface area contributed by atoms with Crippen molar-refractivity contribution < 1.29 is 4.74 Å². The number of methoxy groups -OCH3 is 1. The van der Waals surface area contributed by atoms with Crippen LogP contribution in [0.5, 0.6) is 5.75 Å². The molecule has 0 aliphatic carbocycles. The van der Waals surface area contributed by atoms with Gasteiger partial charge in [-0.3, -0.25) is 0 Å². The van der Waals surface area contributed by atoms with Gasteiger partial charge in [0, 0.05) is 21.2 Å². The van der Waals surface area contributed by atoms with E-state index in [4.69, 9.17) is 4.74 Å². The summed E-state index contributed by atoms with van der Waals surface area (Å²) in [6.45, 7) is 0. The first-order valence-corrected chi connectivity index (χ1v) is 13.7. The van der Waals surface area contributed by atoms with E-state index in [-0.39, 0.29) is 0 Å². The molecule has 0 aliphatic heterocycles. The Bertz CT molecular complexity index is 2150. The quantitative estimate of drug-likeness (QED) is 0.218. The number of aromatic nitrogens is 1. The molecule has 0 spiro atoms. The van der Waals surface area contributed by atoms with Crippen LogP contribution in [-0.4, -0.2) is 11.7 Å². The van der Waals surface area contributed by atoms with Crippen LogP contribution in [0.4, 0.5) is 0 Å². The van der Waals surface area contributed by atoms with Gasteiger partial charge in [-0.25, -0.2) is 0 Å². The maximum Gasteiger partial charge on any atom is 0.118 e. The molecule has 3 heteroatoms. The summed E-state index contributed by atoms with van der Waals surface area (Å²) in [7, 11) is 1.71. The minimum absolute atomic E-state index is 0.868. The molecule has 0 unspecified atom stereocenters. The molecule has 0 atom stereocenters. The second kappa shape index (κ2) is 8.20. The number of fused-ring (bicyclic) bond motifs is 7. The Hall–Kier alpha value is -4.60. The minimum atomic E-state index is 0.868. The minimum Gasteiger partial charge on any atom is -0.497 e. The van der Waals surface area contributed by atoms with E-state index in [2.05, 4.69) is 113 Å². The van der Waals surface area contributed by atoms with Crippen molar-refractivity contribution in [3.8, 4) is 22.6 Å². The summed E-state index contributed by atoms with van der Waals surface area (Å²) in [5.41, 5.74) is 6.05. The van der Waals surface area contributed by atoms with Crippen molar-refractivity contribution in [1.29, 1.82) is 0 Å². The zero-order valence-corrected chi connectivity index (χ0v) is 21.6. The van der Waals surface area contributed by atoms with E-state index < -0.39 is 0 Å². The molecule has 0 aliphatic rings. The molecule has 0 radical (unpaired) electrons. The number of benzene rings is 6. The first-order chi connectivity index (χ1) is 18.8. The van der Waals surface area contributed by atoms with Crippen molar-refractivity contribution in [3.63, 3.8) is 0 Å². The van der Waals surface area contributed by atoms with Gasteiger partial charge in [0.15, 0.2) is 0 Å². The molecule has 0 N–H and O–H groups in total. The standard InChI is InChI=1S/C35H23NOS/c1-37-26-13-11-22(12-14-26)28-18-24-19-35-23(15-16-38-35)17-29(24)31-21-34-32(20-30(28)31)27-9-5-6-10-33(27)36(34)25-7-3-2-4-8-25/h2-21H,1H3. The molecule has 6 aromatic carbocycles. The molecular weight excluding hydrogens is 482 g/mol. The fourth-order valence-corrected chi connectivity index (χ4v) is 6.76. The molecule has 2 heterocycles. The molecule has 0 saturated heterocycles. The van der Waals surface area contributed by atoms with Crippen LogP contribution in [0.2, 0.25) is 0 Å². The molecule has 38 heavy (non-hydrogen) atoms. The predicted octanol–water partition coefficient (Wildman–Crippen LogP) is 9.98. The average molecular weight is 506 g/mol. The summed E-state index contributed by atoms with van der Waals surface area (Å²) in [5, 5.41) is 11.1. The van der Waals surface area contributed by atoms with E-state index in [0.29, 0.717) is 0 Å². The molecule has 0 fully saturated rings. The Balaban J connectivity index is 1.57. The smallest absolute Gasteiger partial charge is 0.118 e. The molecule has 8 rings (SSSR count). The van der Waals surface area contributed by atoms with E-state index in [1.807, 2.05) is 12.1 Å². The maximum absolute atomic E-state index is 5.45. The van der Waals surface area contributed by atoms with Crippen LogP contribution in [0.3, 0.4) is 0 Å². The third-order valence-corrected chi connectivity index (χ3v) is 8.61. The first-order valence-electron chi connectivity index (χ1n) is 12.8. The van der Waals surface area contributed by atoms with E-state index >= 15 is 0 Å². The molecule has 180 valence electrons. The van der Waals surface area contributed by atoms with Crippen molar-refractivity contribution >= 4 is 64.8 Å². The second-order valence-electron chi connectivity index (χ2n) is 9.79. The molecular formula is C35H23NOS. The Morgan fingerprint density at radius 3 is 2.24 bits per heavy atom. The average Bonchev–Trinajstić information content (AvgIpc) is 3.57. The number of ether oxygens (including phenoxy) is 1. The SMILES string of the molecule is COc1ccc(-c2cc3cc4sccc4cc3c3cc4c(cc23)c2ccccc2n4-c2ccccc2)cc1. The number of hydrogen-bond donors (Lipinski definition) is 0. The summed E-state index contributed by atoms with van der Waals surface area (Å²) < 4.78 is 9.17. The number of thiophene rings is 1. The highest BCUT2D eigenvalue weighted by Crippen LogP contribution is 2.42. The lowest BCUT2D eigenvalue weighted by molar-refractivity contribution is 0.415. The Labute approximate surface area is 223 Å². The van der Waals surface area contributed by atoms with Gasteiger partial charge in [-0.05, 0) is 110 Å². The third kappa shape index (κ3) is 3.12. The van der Waals surface area contributed by atoms with Gasteiger partial charge in [0.1, 0.15) is 5.75 Å². The Morgan fingerprint density at radius 1 is 0.579 bits per heavy atom. The molecule has 2 nitrogen and oxygen atoms in total. The van der Waals surface area contributed by atoms with Crippen LogP contribution in [0.15, 0.2) is 121 Å². The van der Waals surface area contributed by atoms with E-state index in [9.17, 15) is 0 Å². The molecule has 0 bridgehead atoms. The van der Waals surface area contributed by atoms with Gasteiger partial charge in [0.05, 0.1) is 18.1 Å². The first kappa shape index (κ1) is 21.5. The topological polar surface area (TPSA) is 14.2 Å². The molecule has 0 amide bonds. The maximum atomic E-state index is 5.45. The summed E-state index contributed by atoms with van der Waals surface area (Å²) in [6.07, 6.45) is 0. The van der Waals surface area contributed by atoms with Gasteiger partial charge in [-0.15, -0.1) is 11.3 Å². The van der Waals surface area contributed by atoms with Crippen LogP contribution in [0.25, 0.3) is 70.3 Å². The monoisotopic (exact) mass is 505 g/mol. The lowest BCUT2D eigenvalue weighted by Gasteiger charge is -2.14. The van der Waals surface area contributed by atoms with Crippen LogP contribution >= 0.6 is 11.3 Å². The van der Waals surface area contributed by atoms with E-state index in [0.717, 1.165) is 5.75 Å². The van der Waals surface area contributed by atoms with E-state index in [1.165, 1.54) is 70.3 Å². The Kier molecular flexibility index (Phi) is 4.64. The summed E-state index contributed by atoms with van der Waals surface area (Å²) in [4.78, 5) is 0. The van der Waals surface area contributed by atoms with Crippen LogP contribution in [0.1, 0.15) is 0 Å². The van der Waals surface area contributed by atoms with Crippen molar-refractivity contribution in [3.05, 3.63) is 121 Å². The largest absolute Gasteiger partial charge is 0.497 e. The van der Waals surface area contributed by atoms with Crippen molar-refractivity contribution in [1.82, 2.24) is 4.57 Å². The Morgan fingerprint density at radius 2 is 1.39 bits per heavy atom.